The molecule has 0 aliphatic heterocycles. The van der Waals surface area contributed by atoms with Crippen LogP contribution in [0.2, 0.25) is 0 Å². The highest BCUT2D eigenvalue weighted by atomic mass is 16.5. The van der Waals surface area contributed by atoms with Crippen LogP contribution in [0.15, 0.2) is 18.2 Å². The number of carbonyl (C=O) groups excluding carboxylic acids is 1. The number of hydrogen-bond donors (Lipinski definition) is 1. The normalized spacial score (nSPS) is 11.8. The number of methoxy groups -OCH3 is 2. The van der Waals surface area contributed by atoms with Gasteiger partial charge in [0.15, 0.2) is 0 Å². The van der Waals surface area contributed by atoms with Gasteiger partial charge in [0.1, 0.15) is 11.5 Å². The number of ether oxygens (including phenoxy) is 2. The summed E-state index contributed by atoms with van der Waals surface area (Å²) in [5, 5.41) is 2.81. The quantitative estimate of drug-likeness (QED) is 0.848. The first-order valence-electron chi connectivity index (χ1n) is 5.07. The number of amides is 1. The summed E-state index contributed by atoms with van der Waals surface area (Å²) in [7, 11) is 3.20. The van der Waals surface area contributed by atoms with Crippen molar-refractivity contribution in [1.29, 1.82) is 0 Å². The minimum atomic E-state index is -0.0849. The van der Waals surface area contributed by atoms with Crippen LogP contribution in [0.1, 0.15) is 25.5 Å². The van der Waals surface area contributed by atoms with Gasteiger partial charge < -0.3 is 14.8 Å². The lowest BCUT2D eigenvalue weighted by Gasteiger charge is -2.17. The van der Waals surface area contributed by atoms with Gasteiger partial charge >= 0.3 is 0 Å². The van der Waals surface area contributed by atoms with E-state index in [1.165, 1.54) is 6.92 Å². The van der Waals surface area contributed by atoms with Gasteiger partial charge in [-0.25, -0.2) is 0 Å². The first kappa shape index (κ1) is 12.4. The Bertz CT molecular complexity index is 377. The van der Waals surface area contributed by atoms with E-state index in [0.717, 1.165) is 11.3 Å². The SMILES string of the molecule is COc1ccc(C(C)NC(C)=O)c(OC)c1. The minimum absolute atomic E-state index is 0.0645. The van der Waals surface area contributed by atoms with E-state index in [-0.39, 0.29) is 11.9 Å². The predicted molar refractivity (Wildman–Crippen MR) is 61.8 cm³/mol. The van der Waals surface area contributed by atoms with Gasteiger partial charge in [-0.1, -0.05) is 0 Å². The summed E-state index contributed by atoms with van der Waals surface area (Å²) in [5.41, 5.74) is 0.929. The zero-order valence-corrected chi connectivity index (χ0v) is 10.0. The zero-order valence-electron chi connectivity index (χ0n) is 10.0. The molecule has 4 heteroatoms. The predicted octanol–water partition coefficient (Wildman–Crippen LogP) is 1.90. The van der Waals surface area contributed by atoms with Crippen LogP contribution in [-0.4, -0.2) is 20.1 Å². The highest BCUT2D eigenvalue weighted by Crippen LogP contribution is 2.29. The van der Waals surface area contributed by atoms with Crippen LogP contribution in [0.3, 0.4) is 0 Å². The second-order valence-electron chi connectivity index (χ2n) is 3.53. The van der Waals surface area contributed by atoms with Crippen molar-refractivity contribution in [2.75, 3.05) is 14.2 Å². The summed E-state index contributed by atoms with van der Waals surface area (Å²) in [6.07, 6.45) is 0. The summed E-state index contributed by atoms with van der Waals surface area (Å²) in [5.74, 6) is 1.38. The molecule has 1 N–H and O–H groups in total. The third kappa shape index (κ3) is 2.89. The second-order valence-corrected chi connectivity index (χ2v) is 3.53. The maximum absolute atomic E-state index is 11.0. The molecule has 1 aromatic carbocycles. The van der Waals surface area contributed by atoms with E-state index in [9.17, 15) is 4.79 Å². The zero-order chi connectivity index (χ0) is 12.1. The third-order valence-electron chi connectivity index (χ3n) is 2.33. The molecule has 1 amide bonds. The van der Waals surface area contributed by atoms with Crippen LogP contribution >= 0.6 is 0 Å². The van der Waals surface area contributed by atoms with E-state index in [1.54, 1.807) is 20.3 Å². The van der Waals surface area contributed by atoms with E-state index in [0.29, 0.717) is 5.75 Å². The largest absolute Gasteiger partial charge is 0.497 e. The Kier molecular flexibility index (Phi) is 4.17. The van der Waals surface area contributed by atoms with Crippen molar-refractivity contribution in [3.8, 4) is 11.5 Å². The number of benzene rings is 1. The average molecular weight is 223 g/mol. The summed E-state index contributed by atoms with van der Waals surface area (Å²) < 4.78 is 10.4. The Morgan fingerprint density at radius 2 is 2.00 bits per heavy atom. The Balaban J connectivity index is 2.98. The number of nitrogens with one attached hydrogen (secondary N) is 1. The molecule has 16 heavy (non-hydrogen) atoms. The van der Waals surface area contributed by atoms with Gasteiger partial charge in [0.25, 0.3) is 0 Å². The number of carbonyl (C=O) groups is 1. The molecule has 0 spiro atoms. The average Bonchev–Trinajstić information content (AvgIpc) is 2.27. The molecule has 1 aromatic rings. The fourth-order valence-corrected chi connectivity index (χ4v) is 1.56. The molecule has 0 fully saturated rings. The van der Waals surface area contributed by atoms with E-state index in [2.05, 4.69) is 5.32 Å². The van der Waals surface area contributed by atoms with Gasteiger partial charge in [-0.05, 0) is 19.1 Å². The van der Waals surface area contributed by atoms with Crippen LogP contribution in [0, 0.1) is 0 Å². The van der Waals surface area contributed by atoms with Gasteiger partial charge in [-0.3, -0.25) is 4.79 Å². The van der Waals surface area contributed by atoms with Crippen molar-refractivity contribution in [2.45, 2.75) is 19.9 Å². The number of rotatable bonds is 4. The first-order chi connectivity index (χ1) is 7.58. The molecule has 0 heterocycles. The minimum Gasteiger partial charge on any atom is -0.497 e. The Morgan fingerprint density at radius 1 is 1.31 bits per heavy atom. The van der Waals surface area contributed by atoms with E-state index >= 15 is 0 Å². The fourth-order valence-electron chi connectivity index (χ4n) is 1.56. The summed E-state index contributed by atoms with van der Waals surface area (Å²) >= 11 is 0. The molecule has 0 aliphatic rings. The lowest BCUT2D eigenvalue weighted by atomic mass is 10.1. The second kappa shape index (κ2) is 5.39. The van der Waals surface area contributed by atoms with E-state index in [4.69, 9.17) is 9.47 Å². The molecule has 0 aromatic heterocycles. The van der Waals surface area contributed by atoms with Gasteiger partial charge in [-0.2, -0.15) is 0 Å². The standard InChI is InChI=1S/C12H17NO3/c1-8(13-9(2)14)11-6-5-10(15-3)7-12(11)16-4/h5-8H,1-4H3,(H,13,14). The molecular weight excluding hydrogens is 206 g/mol. The highest BCUT2D eigenvalue weighted by Gasteiger charge is 2.12. The van der Waals surface area contributed by atoms with Gasteiger partial charge in [0.05, 0.1) is 20.3 Å². The van der Waals surface area contributed by atoms with Gasteiger partial charge in [-0.15, -0.1) is 0 Å². The Morgan fingerprint density at radius 3 is 2.50 bits per heavy atom. The van der Waals surface area contributed by atoms with Crippen molar-refractivity contribution in [2.24, 2.45) is 0 Å². The molecule has 0 saturated carbocycles. The molecule has 0 aliphatic carbocycles. The monoisotopic (exact) mass is 223 g/mol. The van der Waals surface area contributed by atoms with Crippen molar-refractivity contribution >= 4 is 5.91 Å². The topological polar surface area (TPSA) is 47.6 Å². The Labute approximate surface area is 95.6 Å². The van der Waals surface area contributed by atoms with Crippen molar-refractivity contribution in [1.82, 2.24) is 5.32 Å². The molecule has 0 bridgehead atoms. The highest BCUT2D eigenvalue weighted by molar-refractivity contribution is 5.73. The van der Waals surface area contributed by atoms with Crippen LogP contribution in [0.5, 0.6) is 11.5 Å². The molecular formula is C12H17NO3. The fraction of sp³-hybridized carbons (Fsp3) is 0.417. The Hall–Kier alpha value is -1.71. The summed E-state index contributed by atoms with van der Waals surface area (Å²) in [6, 6.07) is 5.44. The maximum Gasteiger partial charge on any atom is 0.217 e. The van der Waals surface area contributed by atoms with Crippen LogP contribution in [0.4, 0.5) is 0 Å². The van der Waals surface area contributed by atoms with Crippen molar-refractivity contribution in [3.05, 3.63) is 23.8 Å². The van der Waals surface area contributed by atoms with Gasteiger partial charge in [0, 0.05) is 18.6 Å². The number of hydrogen-bond acceptors (Lipinski definition) is 3. The molecule has 88 valence electrons. The van der Waals surface area contributed by atoms with Crippen molar-refractivity contribution < 1.29 is 14.3 Å². The van der Waals surface area contributed by atoms with Crippen molar-refractivity contribution in [3.63, 3.8) is 0 Å². The van der Waals surface area contributed by atoms with Crippen LogP contribution in [0.25, 0.3) is 0 Å². The molecule has 1 rings (SSSR count). The molecule has 4 nitrogen and oxygen atoms in total. The first-order valence-corrected chi connectivity index (χ1v) is 5.07. The lowest BCUT2D eigenvalue weighted by molar-refractivity contribution is -0.119. The van der Waals surface area contributed by atoms with Crippen LogP contribution in [-0.2, 0) is 4.79 Å². The summed E-state index contributed by atoms with van der Waals surface area (Å²) in [6.45, 7) is 3.40. The molecule has 0 saturated heterocycles. The lowest BCUT2D eigenvalue weighted by Crippen LogP contribution is -2.23. The third-order valence-corrected chi connectivity index (χ3v) is 2.33. The van der Waals surface area contributed by atoms with Gasteiger partial charge in [0.2, 0.25) is 5.91 Å². The van der Waals surface area contributed by atoms with E-state index < -0.39 is 0 Å². The molecule has 1 atom stereocenters. The summed E-state index contributed by atoms with van der Waals surface area (Å²) in [4.78, 5) is 11.0. The molecule has 0 radical (unpaired) electrons. The molecule has 1 unspecified atom stereocenters. The van der Waals surface area contributed by atoms with E-state index in [1.807, 2.05) is 19.1 Å². The van der Waals surface area contributed by atoms with Crippen LogP contribution < -0.4 is 14.8 Å². The smallest absolute Gasteiger partial charge is 0.217 e. The maximum atomic E-state index is 11.0.